The van der Waals surface area contributed by atoms with Gasteiger partial charge < -0.3 is 14.7 Å². The Balaban J connectivity index is 1.47. The van der Waals surface area contributed by atoms with Gasteiger partial charge in [0.05, 0.1) is 25.4 Å². The summed E-state index contributed by atoms with van der Waals surface area (Å²) in [5.41, 5.74) is -0.720. The molecule has 0 bridgehead atoms. The summed E-state index contributed by atoms with van der Waals surface area (Å²) in [4.78, 5) is 16.5. The molecule has 0 spiro atoms. The van der Waals surface area contributed by atoms with Crippen LogP contribution in [0.5, 0.6) is 0 Å². The second-order valence-corrected chi connectivity index (χ2v) is 7.03. The third-order valence-electron chi connectivity index (χ3n) is 5.24. The molecule has 1 N–H and O–H groups in total. The van der Waals surface area contributed by atoms with E-state index in [9.17, 15) is 9.90 Å². The Labute approximate surface area is 127 Å². The zero-order valence-electron chi connectivity index (χ0n) is 12.9. The first-order chi connectivity index (χ1) is 10.1. The van der Waals surface area contributed by atoms with Crippen molar-refractivity contribution in [3.05, 3.63) is 0 Å². The summed E-state index contributed by atoms with van der Waals surface area (Å²) in [5, 5.41) is 10.7. The summed E-state index contributed by atoms with van der Waals surface area (Å²) in [6.07, 6.45) is 6.36. The number of carbonyl (C=O) groups is 1. The smallest absolute Gasteiger partial charge is 0.222 e. The molecular weight excluding hydrogens is 268 g/mol. The number of hydrogen-bond donors (Lipinski definition) is 1. The van der Waals surface area contributed by atoms with Crippen LogP contribution in [0, 0.1) is 5.92 Å². The number of rotatable bonds is 4. The zero-order valence-corrected chi connectivity index (χ0v) is 12.9. The molecule has 0 aromatic rings. The molecule has 1 aliphatic carbocycles. The number of ether oxygens (including phenoxy) is 1. The predicted molar refractivity (Wildman–Crippen MR) is 80.0 cm³/mol. The maximum atomic E-state index is 12.4. The van der Waals surface area contributed by atoms with Crippen LogP contribution in [0.15, 0.2) is 0 Å². The average Bonchev–Trinajstić information content (AvgIpc) is 3.10. The molecule has 2 heterocycles. The molecule has 3 aliphatic rings. The lowest BCUT2D eigenvalue weighted by Crippen LogP contribution is -2.49. The second kappa shape index (κ2) is 6.63. The molecule has 2 aliphatic heterocycles. The van der Waals surface area contributed by atoms with E-state index < -0.39 is 5.60 Å². The number of amides is 1. The number of aliphatic hydroxyl groups is 1. The van der Waals surface area contributed by atoms with E-state index in [-0.39, 0.29) is 5.91 Å². The molecule has 1 unspecified atom stereocenters. The third-order valence-corrected chi connectivity index (χ3v) is 5.24. The lowest BCUT2D eigenvalue weighted by atomic mass is 10.0. The van der Waals surface area contributed by atoms with Gasteiger partial charge in [0.25, 0.3) is 0 Å². The van der Waals surface area contributed by atoms with Crippen LogP contribution in [0.1, 0.15) is 38.5 Å². The number of likely N-dealkylation sites (tertiary alicyclic amines) is 1. The molecule has 5 nitrogen and oxygen atoms in total. The first kappa shape index (κ1) is 15.3. The summed E-state index contributed by atoms with van der Waals surface area (Å²) in [6, 6.07) is 0. The SMILES string of the molecule is O=C(CC1CCCC1)N1CCC(O)(CN2CCOCC2)C1. The standard InChI is InChI=1S/C16H28N2O3/c19-15(11-14-3-1-2-4-14)18-6-5-16(20,13-18)12-17-7-9-21-10-8-17/h14,20H,1-13H2. The van der Waals surface area contributed by atoms with Crippen LogP contribution >= 0.6 is 0 Å². The molecule has 3 fully saturated rings. The minimum atomic E-state index is -0.720. The Hall–Kier alpha value is -0.650. The van der Waals surface area contributed by atoms with E-state index in [4.69, 9.17) is 4.74 Å². The van der Waals surface area contributed by atoms with Gasteiger partial charge in [-0.3, -0.25) is 9.69 Å². The van der Waals surface area contributed by atoms with Crippen molar-refractivity contribution < 1.29 is 14.6 Å². The maximum Gasteiger partial charge on any atom is 0.222 e. The molecule has 21 heavy (non-hydrogen) atoms. The Morgan fingerprint density at radius 1 is 1.19 bits per heavy atom. The molecule has 1 amide bonds. The second-order valence-electron chi connectivity index (χ2n) is 7.03. The van der Waals surface area contributed by atoms with E-state index in [0.717, 1.165) is 26.3 Å². The van der Waals surface area contributed by atoms with Gasteiger partial charge in [-0.2, -0.15) is 0 Å². The van der Waals surface area contributed by atoms with E-state index in [1.807, 2.05) is 4.90 Å². The van der Waals surface area contributed by atoms with Crippen molar-refractivity contribution in [1.82, 2.24) is 9.80 Å². The fourth-order valence-corrected chi connectivity index (χ4v) is 3.96. The highest BCUT2D eigenvalue weighted by Gasteiger charge is 2.40. The molecule has 0 aromatic heterocycles. The summed E-state index contributed by atoms with van der Waals surface area (Å²) < 4.78 is 5.34. The summed E-state index contributed by atoms with van der Waals surface area (Å²) in [5.74, 6) is 0.838. The van der Waals surface area contributed by atoms with Crippen molar-refractivity contribution in [2.45, 2.75) is 44.1 Å². The minimum Gasteiger partial charge on any atom is -0.387 e. The van der Waals surface area contributed by atoms with E-state index in [1.54, 1.807) is 0 Å². The Morgan fingerprint density at radius 2 is 1.90 bits per heavy atom. The van der Waals surface area contributed by atoms with Crippen LogP contribution in [0.4, 0.5) is 0 Å². The van der Waals surface area contributed by atoms with Gasteiger partial charge in [-0.15, -0.1) is 0 Å². The molecule has 1 atom stereocenters. The van der Waals surface area contributed by atoms with Crippen LogP contribution in [0.25, 0.3) is 0 Å². The van der Waals surface area contributed by atoms with Gasteiger partial charge in [-0.05, 0) is 25.2 Å². The van der Waals surface area contributed by atoms with Crippen LogP contribution in [-0.2, 0) is 9.53 Å². The summed E-state index contributed by atoms with van der Waals surface area (Å²) >= 11 is 0. The lowest BCUT2D eigenvalue weighted by Gasteiger charge is -2.33. The zero-order chi connectivity index (χ0) is 14.7. The van der Waals surface area contributed by atoms with E-state index in [1.165, 1.54) is 25.7 Å². The van der Waals surface area contributed by atoms with Crippen LogP contribution in [0.3, 0.4) is 0 Å². The number of β-amino-alcohol motifs (C(OH)–C–C–N with tert-alkyl or cyclic N) is 1. The predicted octanol–water partition coefficient (Wildman–Crippen LogP) is 0.862. The van der Waals surface area contributed by atoms with E-state index in [2.05, 4.69) is 4.90 Å². The molecular formula is C16H28N2O3. The maximum absolute atomic E-state index is 12.4. The van der Waals surface area contributed by atoms with Crippen molar-refractivity contribution in [3.8, 4) is 0 Å². The van der Waals surface area contributed by atoms with Crippen molar-refractivity contribution in [2.24, 2.45) is 5.92 Å². The van der Waals surface area contributed by atoms with Crippen molar-refractivity contribution in [1.29, 1.82) is 0 Å². The topological polar surface area (TPSA) is 53.0 Å². The normalized spacial score (nSPS) is 32.0. The first-order valence-corrected chi connectivity index (χ1v) is 8.45. The van der Waals surface area contributed by atoms with Crippen LogP contribution < -0.4 is 0 Å². The third kappa shape index (κ3) is 3.96. The Bertz CT molecular complexity index is 365. The highest BCUT2D eigenvalue weighted by atomic mass is 16.5. The van der Waals surface area contributed by atoms with Crippen LogP contribution in [0.2, 0.25) is 0 Å². The Morgan fingerprint density at radius 3 is 2.62 bits per heavy atom. The van der Waals surface area contributed by atoms with E-state index in [0.29, 0.717) is 38.4 Å². The number of nitrogens with zero attached hydrogens (tertiary/aromatic N) is 2. The molecule has 1 saturated carbocycles. The Kier molecular flexibility index (Phi) is 4.82. The van der Waals surface area contributed by atoms with Gasteiger partial charge in [0.1, 0.15) is 0 Å². The highest BCUT2D eigenvalue weighted by Crippen LogP contribution is 2.30. The quantitative estimate of drug-likeness (QED) is 0.836. The lowest BCUT2D eigenvalue weighted by molar-refractivity contribution is -0.132. The first-order valence-electron chi connectivity index (χ1n) is 8.45. The molecule has 0 radical (unpaired) electrons. The van der Waals surface area contributed by atoms with Gasteiger partial charge in [-0.1, -0.05) is 12.8 Å². The molecule has 2 saturated heterocycles. The average molecular weight is 296 g/mol. The summed E-state index contributed by atoms with van der Waals surface area (Å²) in [7, 11) is 0. The van der Waals surface area contributed by atoms with E-state index >= 15 is 0 Å². The van der Waals surface area contributed by atoms with Crippen molar-refractivity contribution >= 4 is 5.91 Å². The largest absolute Gasteiger partial charge is 0.387 e. The fraction of sp³-hybridized carbons (Fsp3) is 0.938. The van der Waals surface area contributed by atoms with Crippen LogP contribution in [-0.4, -0.2) is 72.4 Å². The van der Waals surface area contributed by atoms with Crippen molar-refractivity contribution in [3.63, 3.8) is 0 Å². The van der Waals surface area contributed by atoms with Crippen molar-refractivity contribution in [2.75, 3.05) is 45.9 Å². The highest BCUT2D eigenvalue weighted by molar-refractivity contribution is 5.77. The van der Waals surface area contributed by atoms with Gasteiger partial charge in [0.2, 0.25) is 5.91 Å². The fourth-order valence-electron chi connectivity index (χ4n) is 3.96. The summed E-state index contributed by atoms with van der Waals surface area (Å²) in [6.45, 7) is 5.17. The van der Waals surface area contributed by atoms with Gasteiger partial charge in [0.15, 0.2) is 0 Å². The van der Waals surface area contributed by atoms with Gasteiger partial charge >= 0.3 is 0 Å². The molecule has 0 aromatic carbocycles. The number of carbonyl (C=O) groups excluding carboxylic acids is 1. The molecule has 120 valence electrons. The minimum absolute atomic E-state index is 0.250. The number of hydrogen-bond acceptors (Lipinski definition) is 4. The monoisotopic (exact) mass is 296 g/mol. The van der Waals surface area contributed by atoms with Gasteiger partial charge in [-0.25, -0.2) is 0 Å². The molecule has 3 rings (SSSR count). The number of morpholine rings is 1. The molecule has 5 heteroatoms. The van der Waals surface area contributed by atoms with Gasteiger partial charge in [0, 0.05) is 32.6 Å².